The third kappa shape index (κ3) is 3.32. The summed E-state index contributed by atoms with van der Waals surface area (Å²) in [6.45, 7) is 3.90. The molecule has 0 saturated heterocycles. The van der Waals surface area contributed by atoms with E-state index in [0.29, 0.717) is 0 Å². The van der Waals surface area contributed by atoms with Crippen LogP contribution in [0.3, 0.4) is 0 Å². The number of benzene rings is 1. The molecule has 0 aliphatic heterocycles. The van der Waals surface area contributed by atoms with Gasteiger partial charge in [0.25, 0.3) is 0 Å². The van der Waals surface area contributed by atoms with Gasteiger partial charge in [0, 0.05) is 43.8 Å². The summed E-state index contributed by atoms with van der Waals surface area (Å²) in [5, 5.41) is 3.19. The zero-order chi connectivity index (χ0) is 13.7. The van der Waals surface area contributed by atoms with Crippen molar-refractivity contribution in [2.75, 3.05) is 19.0 Å². The predicted molar refractivity (Wildman–Crippen MR) is 80.3 cm³/mol. The highest BCUT2D eigenvalue weighted by molar-refractivity contribution is 5.52. The fourth-order valence-electron chi connectivity index (χ4n) is 2.25. The molecule has 0 atom stereocenters. The van der Waals surface area contributed by atoms with Gasteiger partial charge in [0.15, 0.2) is 0 Å². The summed E-state index contributed by atoms with van der Waals surface area (Å²) in [4.78, 5) is 6.48. The van der Waals surface area contributed by atoms with Gasteiger partial charge >= 0.3 is 0 Å². The summed E-state index contributed by atoms with van der Waals surface area (Å²) in [7, 11) is 4.08. The molecule has 0 fully saturated rings. The number of pyridine rings is 1. The Balaban J connectivity index is 2.20. The molecule has 0 aliphatic carbocycles. The van der Waals surface area contributed by atoms with Gasteiger partial charge in [-0.25, -0.2) is 0 Å². The standard InChI is InChI=1S/C16H21N3/c1-13-6-4-5-7-14(13)12-19(3)16-8-9-18-11-15(16)10-17-2/h4-9,11,17H,10,12H2,1-3H3. The smallest absolute Gasteiger partial charge is 0.0443 e. The summed E-state index contributed by atoms with van der Waals surface area (Å²) in [5.74, 6) is 0. The lowest BCUT2D eigenvalue weighted by molar-refractivity contribution is 0.800. The summed E-state index contributed by atoms with van der Waals surface area (Å²) < 4.78 is 0. The second-order valence-electron chi connectivity index (χ2n) is 4.82. The molecule has 3 nitrogen and oxygen atoms in total. The molecular formula is C16H21N3. The van der Waals surface area contributed by atoms with Crippen molar-refractivity contribution in [3.8, 4) is 0 Å². The summed E-state index contributed by atoms with van der Waals surface area (Å²) >= 11 is 0. The minimum atomic E-state index is 0.835. The molecule has 0 saturated carbocycles. The molecule has 0 bridgehead atoms. The first-order valence-corrected chi connectivity index (χ1v) is 6.55. The third-order valence-electron chi connectivity index (χ3n) is 3.33. The molecule has 0 unspecified atom stereocenters. The second kappa shape index (κ2) is 6.34. The van der Waals surface area contributed by atoms with Crippen LogP contribution in [-0.2, 0) is 13.1 Å². The largest absolute Gasteiger partial charge is 0.370 e. The first kappa shape index (κ1) is 13.6. The van der Waals surface area contributed by atoms with Crippen LogP contribution in [-0.4, -0.2) is 19.1 Å². The zero-order valence-corrected chi connectivity index (χ0v) is 11.9. The first-order valence-electron chi connectivity index (χ1n) is 6.55. The van der Waals surface area contributed by atoms with E-state index in [4.69, 9.17) is 0 Å². The van der Waals surface area contributed by atoms with Crippen LogP contribution in [0.4, 0.5) is 5.69 Å². The Morgan fingerprint density at radius 2 is 1.95 bits per heavy atom. The lowest BCUT2D eigenvalue weighted by Gasteiger charge is -2.23. The molecule has 1 N–H and O–H groups in total. The first-order chi connectivity index (χ1) is 9.22. The van der Waals surface area contributed by atoms with Crippen LogP contribution in [0.1, 0.15) is 16.7 Å². The molecule has 0 radical (unpaired) electrons. The van der Waals surface area contributed by atoms with Crippen LogP contribution < -0.4 is 10.2 Å². The van der Waals surface area contributed by atoms with Crippen LogP contribution in [0.25, 0.3) is 0 Å². The number of hydrogen-bond acceptors (Lipinski definition) is 3. The Bertz CT molecular complexity index is 537. The highest BCUT2D eigenvalue weighted by Gasteiger charge is 2.08. The fraction of sp³-hybridized carbons (Fsp3) is 0.312. The van der Waals surface area contributed by atoms with E-state index in [-0.39, 0.29) is 0 Å². The quantitative estimate of drug-likeness (QED) is 0.890. The van der Waals surface area contributed by atoms with E-state index in [1.807, 2.05) is 19.4 Å². The zero-order valence-electron chi connectivity index (χ0n) is 11.9. The number of rotatable bonds is 5. The van der Waals surface area contributed by atoms with Crippen molar-refractivity contribution >= 4 is 5.69 Å². The predicted octanol–water partition coefficient (Wildman–Crippen LogP) is 2.75. The van der Waals surface area contributed by atoms with Gasteiger partial charge in [-0.15, -0.1) is 0 Å². The van der Waals surface area contributed by atoms with E-state index in [1.165, 1.54) is 22.4 Å². The third-order valence-corrected chi connectivity index (χ3v) is 3.33. The normalized spacial score (nSPS) is 10.5. The van der Waals surface area contributed by atoms with Crippen LogP contribution in [0.2, 0.25) is 0 Å². The van der Waals surface area contributed by atoms with Gasteiger partial charge in [-0.1, -0.05) is 24.3 Å². The van der Waals surface area contributed by atoms with E-state index < -0.39 is 0 Å². The number of anilines is 1. The number of nitrogens with zero attached hydrogens (tertiary/aromatic N) is 2. The van der Waals surface area contributed by atoms with Gasteiger partial charge in [0.05, 0.1) is 0 Å². The molecule has 3 heteroatoms. The van der Waals surface area contributed by atoms with Crippen LogP contribution in [0.5, 0.6) is 0 Å². The molecular weight excluding hydrogens is 234 g/mol. The molecule has 2 rings (SSSR count). The molecule has 19 heavy (non-hydrogen) atoms. The summed E-state index contributed by atoms with van der Waals surface area (Å²) in [5.41, 5.74) is 5.14. The molecule has 1 aromatic heterocycles. The Kier molecular flexibility index (Phi) is 4.53. The molecule has 0 amide bonds. The molecule has 1 heterocycles. The van der Waals surface area contributed by atoms with E-state index in [2.05, 4.69) is 59.5 Å². The van der Waals surface area contributed by atoms with Crippen molar-refractivity contribution in [1.82, 2.24) is 10.3 Å². The fourth-order valence-corrected chi connectivity index (χ4v) is 2.25. The highest BCUT2D eigenvalue weighted by atomic mass is 15.1. The molecule has 1 aromatic carbocycles. The van der Waals surface area contributed by atoms with Crippen molar-refractivity contribution in [2.45, 2.75) is 20.0 Å². The van der Waals surface area contributed by atoms with Gasteiger partial charge in [0.2, 0.25) is 0 Å². The van der Waals surface area contributed by atoms with E-state index in [0.717, 1.165) is 13.1 Å². The van der Waals surface area contributed by atoms with Crippen molar-refractivity contribution in [2.24, 2.45) is 0 Å². The Labute approximate surface area is 115 Å². The SMILES string of the molecule is CNCc1cnccc1N(C)Cc1ccccc1C. The molecule has 2 aromatic rings. The second-order valence-corrected chi connectivity index (χ2v) is 4.82. The maximum atomic E-state index is 4.20. The number of nitrogens with one attached hydrogen (secondary N) is 1. The van der Waals surface area contributed by atoms with E-state index in [9.17, 15) is 0 Å². The van der Waals surface area contributed by atoms with Gasteiger partial charge in [-0.2, -0.15) is 0 Å². The lowest BCUT2D eigenvalue weighted by atomic mass is 10.1. The van der Waals surface area contributed by atoms with Crippen LogP contribution in [0, 0.1) is 6.92 Å². The van der Waals surface area contributed by atoms with Gasteiger partial charge in [0.1, 0.15) is 0 Å². The molecule has 0 aliphatic rings. The molecule has 0 spiro atoms. The summed E-state index contributed by atoms with van der Waals surface area (Å²) in [6.07, 6.45) is 3.78. The lowest BCUT2D eigenvalue weighted by Crippen LogP contribution is -2.20. The van der Waals surface area contributed by atoms with Gasteiger partial charge in [-0.05, 0) is 31.2 Å². The Hall–Kier alpha value is -1.87. The van der Waals surface area contributed by atoms with Crippen molar-refractivity contribution in [3.05, 3.63) is 59.4 Å². The van der Waals surface area contributed by atoms with Crippen LogP contribution in [0.15, 0.2) is 42.7 Å². The van der Waals surface area contributed by atoms with Crippen molar-refractivity contribution in [1.29, 1.82) is 0 Å². The van der Waals surface area contributed by atoms with Crippen molar-refractivity contribution < 1.29 is 0 Å². The summed E-state index contributed by atoms with van der Waals surface area (Å²) in [6, 6.07) is 10.6. The Morgan fingerprint density at radius 1 is 1.16 bits per heavy atom. The van der Waals surface area contributed by atoms with Crippen LogP contribution >= 0.6 is 0 Å². The number of aryl methyl sites for hydroxylation is 1. The minimum Gasteiger partial charge on any atom is -0.370 e. The maximum Gasteiger partial charge on any atom is 0.0443 e. The Morgan fingerprint density at radius 3 is 2.68 bits per heavy atom. The topological polar surface area (TPSA) is 28.2 Å². The average Bonchev–Trinajstić information content (AvgIpc) is 2.42. The van der Waals surface area contributed by atoms with Crippen molar-refractivity contribution in [3.63, 3.8) is 0 Å². The average molecular weight is 255 g/mol. The maximum absolute atomic E-state index is 4.20. The van der Waals surface area contributed by atoms with Gasteiger partial charge < -0.3 is 10.2 Å². The number of aromatic nitrogens is 1. The monoisotopic (exact) mass is 255 g/mol. The molecule has 100 valence electrons. The van der Waals surface area contributed by atoms with E-state index in [1.54, 1.807) is 0 Å². The number of hydrogen-bond donors (Lipinski definition) is 1. The highest BCUT2D eigenvalue weighted by Crippen LogP contribution is 2.20. The minimum absolute atomic E-state index is 0.835. The van der Waals surface area contributed by atoms with E-state index >= 15 is 0 Å². The van der Waals surface area contributed by atoms with Gasteiger partial charge in [-0.3, -0.25) is 4.98 Å².